The van der Waals surface area contributed by atoms with Gasteiger partial charge in [-0.05, 0) is 91.0 Å². The highest BCUT2D eigenvalue weighted by atomic mass is 16.4. The molecule has 0 atom stereocenters. The summed E-state index contributed by atoms with van der Waals surface area (Å²) in [7, 11) is 0. The molecule has 5 rings (SSSR count). The molecule has 0 spiro atoms. The van der Waals surface area contributed by atoms with Crippen molar-refractivity contribution in [3.63, 3.8) is 0 Å². The number of carbonyl (C=O) groups is 10. The highest BCUT2D eigenvalue weighted by Crippen LogP contribution is 2.08. The van der Waals surface area contributed by atoms with Crippen LogP contribution in [-0.2, 0) is 0 Å². The molecule has 5 aromatic rings. The Morgan fingerprint density at radius 1 is 0.200 bits per heavy atom. The molecule has 25 N–H and O–H groups in total. The Kier molecular flexibility index (Phi) is 31.3. The molecule has 5 aromatic carbocycles. The maximum Gasteiger partial charge on any atom is 0.335 e. The van der Waals surface area contributed by atoms with Crippen molar-refractivity contribution >= 4 is 59.7 Å². The Balaban J connectivity index is -0.000000226. The summed E-state index contributed by atoms with van der Waals surface area (Å²) in [6.07, 6.45) is 0. The number of aromatic carboxylic acids is 10. The molecule has 0 heterocycles. The van der Waals surface area contributed by atoms with E-state index >= 15 is 0 Å². The van der Waals surface area contributed by atoms with E-state index in [1.165, 1.54) is 91.0 Å². The first-order valence-electron chi connectivity index (χ1n) is 15.9. The molecule has 25 nitrogen and oxygen atoms in total. The van der Waals surface area contributed by atoms with Gasteiger partial charge in [0.25, 0.3) is 0 Å². The third kappa shape index (κ3) is 23.3. The summed E-state index contributed by atoms with van der Waals surface area (Å²) < 4.78 is 0. The second kappa shape index (κ2) is 31.5. The number of hydrogen-bond acceptors (Lipinski definition) is 15. The Morgan fingerprint density at radius 2 is 0.277 bits per heavy atom. The van der Waals surface area contributed by atoms with Crippen LogP contribution >= 0.6 is 0 Å². The normalized spacial score (nSPS) is 8.62. The molecule has 25 heteroatoms. The number of carboxylic acid groups (broad SMARTS) is 10. The van der Waals surface area contributed by atoms with Crippen molar-refractivity contribution in [2.75, 3.05) is 0 Å². The van der Waals surface area contributed by atoms with Crippen molar-refractivity contribution in [1.29, 1.82) is 0 Å². The fourth-order valence-corrected chi connectivity index (χ4v) is 3.93. The van der Waals surface area contributed by atoms with E-state index < -0.39 is 59.7 Å². The summed E-state index contributed by atoms with van der Waals surface area (Å²) in [6, 6.07) is 26.0. The Hall–Kier alpha value is -9.40. The van der Waals surface area contributed by atoms with Crippen LogP contribution in [0.2, 0.25) is 0 Å². The zero-order chi connectivity index (χ0) is 45.7. The first kappa shape index (κ1) is 64.7. The van der Waals surface area contributed by atoms with E-state index in [0.29, 0.717) is 0 Å². The fourth-order valence-electron chi connectivity index (χ4n) is 3.93. The van der Waals surface area contributed by atoms with Crippen molar-refractivity contribution in [2.45, 2.75) is 0 Å². The largest absolute Gasteiger partial charge is 0.478 e. The first-order valence-corrected chi connectivity index (χ1v) is 15.9. The highest BCUT2D eigenvalue weighted by molar-refractivity contribution is 5.96. The molecular formula is C40H45N5O20. The van der Waals surface area contributed by atoms with E-state index in [1.807, 2.05) is 0 Å². The lowest BCUT2D eigenvalue weighted by molar-refractivity contribution is 0.0676. The molecule has 65 heavy (non-hydrogen) atoms. The minimum atomic E-state index is -1.13. The summed E-state index contributed by atoms with van der Waals surface area (Å²) in [5.41, 5.74) is -0.186. The quantitative estimate of drug-likeness (QED) is 0.0738. The van der Waals surface area contributed by atoms with Gasteiger partial charge in [0, 0.05) is 0 Å². The second-order valence-corrected chi connectivity index (χ2v) is 11.0. The van der Waals surface area contributed by atoms with E-state index in [1.54, 1.807) is 0 Å². The summed E-state index contributed by atoms with van der Waals surface area (Å²) in [4.78, 5) is 104. The number of benzene rings is 5. The van der Waals surface area contributed by atoms with Gasteiger partial charge in [-0.15, -0.1) is 0 Å². The lowest BCUT2D eigenvalue weighted by atomic mass is 10.1. The Labute approximate surface area is 366 Å². The fraction of sp³-hybridized carbons (Fsp3) is 0. The van der Waals surface area contributed by atoms with Gasteiger partial charge < -0.3 is 81.8 Å². The topological polar surface area (TPSA) is 548 Å². The van der Waals surface area contributed by atoms with Crippen LogP contribution in [0.4, 0.5) is 0 Å². The molecular weight excluding hydrogens is 870 g/mol. The van der Waals surface area contributed by atoms with Crippen molar-refractivity contribution in [3.05, 3.63) is 177 Å². The first-order chi connectivity index (χ1) is 28.0. The molecule has 0 saturated carbocycles. The predicted molar refractivity (Wildman–Crippen MR) is 227 cm³/mol. The molecule has 0 radical (unpaired) electrons. The Bertz CT molecular complexity index is 1920. The monoisotopic (exact) mass is 915 g/mol. The van der Waals surface area contributed by atoms with Gasteiger partial charge in [0.2, 0.25) is 0 Å². The molecule has 0 bridgehead atoms. The SMILES string of the molecule is N.N.N.N.N.O=C(O)c1cccc(C(=O)O)c1.O=C(O)c1cccc(C(=O)O)c1.O=C(O)c1cccc(C(=O)O)c1.O=C(O)c1cccc(C(=O)O)c1.O=C(O)c1cccc(C(=O)O)c1. The summed E-state index contributed by atoms with van der Waals surface area (Å²) in [5, 5.41) is 85.0. The van der Waals surface area contributed by atoms with Gasteiger partial charge >= 0.3 is 59.7 Å². The minimum Gasteiger partial charge on any atom is -0.478 e. The molecule has 0 aliphatic rings. The van der Waals surface area contributed by atoms with Gasteiger partial charge in [-0.25, -0.2) is 47.9 Å². The van der Waals surface area contributed by atoms with Crippen molar-refractivity contribution in [3.8, 4) is 0 Å². The average Bonchev–Trinajstić information content (AvgIpc) is 3.21. The molecule has 0 amide bonds. The van der Waals surface area contributed by atoms with Crippen molar-refractivity contribution in [1.82, 2.24) is 30.8 Å². The third-order valence-corrected chi connectivity index (χ3v) is 6.78. The number of rotatable bonds is 10. The van der Waals surface area contributed by atoms with Gasteiger partial charge in [-0.2, -0.15) is 0 Å². The smallest absolute Gasteiger partial charge is 0.335 e. The second-order valence-electron chi connectivity index (χ2n) is 11.0. The van der Waals surface area contributed by atoms with Crippen molar-refractivity contribution in [2.24, 2.45) is 0 Å². The summed E-state index contributed by atoms with van der Waals surface area (Å²) >= 11 is 0. The zero-order valence-corrected chi connectivity index (χ0v) is 33.6. The van der Waals surface area contributed by atoms with Gasteiger partial charge in [-0.3, -0.25) is 0 Å². The van der Waals surface area contributed by atoms with Crippen LogP contribution in [0.25, 0.3) is 0 Å². The maximum absolute atomic E-state index is 10.4. The van der Waals surface area contributed by atoms with E-state index in [-0.39, 0.29) is 86.4 Å². The average molecular weight is 916 g/mol. The van der Waals surface area contributed by atoms with Gasteiger partial charge in [0.1, 0.15) is 0 Å². The molecule has 0 aliphatic heterocycles. The van der Waals surface area contributed by atoms with E-state index in [9.17, 15) is 47.9 Å². The van der Waals surface area contributed by atoms with Crippen molar-refractivity contribution < 1.29 is 99.0 Å². The Morgan fingerprint density at radius 3 is 0.338 bits per heavy atom. The molecule has 0 aliphatic carbocycles. The van der Waals surface area contributed by atoms with Crippen LogP contribution in [0.3, 0.4) is 0 Å². The lowest BCUT2D eigenvalue weighted by Crippen LogP contribution is -2.01. The molecule has 0 saturated heterocycles. The van der Waals surface area contributed by atoms with E-state index in [4.69, 9.17) is 51.1 Å². The molecule has 0 fully saturated rings. The third-order valence-electron chi connectivity index (χ3n) is 6.78. The van der Waals surface area contributed by atoms with Crippen LogP contribution in [0.1, 0.15) is 104 Å². The molecule has 350 valence electrons. The van der Waals surface area contributed by atoms with E-state index in [0.717, 1.165) is 30.3 Å². The van der Waals surface area contributed by atoms with Crippen LogP contribution < -0.4 is 30.8 Å². The highest BCUT2D eigenvalue weighted by Gasteiger charge is 2.10. The maximum atomic E-state index is 10.4. The molecule has 0 unspecified atom stereocenters. The number of hydrogen-bond donors (Lipinski definition) is 15. The van der Waals surface area contributed by atoms with Gasteiger partial charge in [0.05, 0.1) is 55.6 Å². The lowest BCUT2D eigenvalue weighted by Gasteiger charge is -1.95. The minimum absolute atomic E-state index is 0. The molecule has 0 aromatic heterocycles. The zero-order valence-electron chi connectivity index (χ0n) is 33.6. The summed E-state index contributed by atoms with van der Waals surface area (Å²) in [6.45, 7) is 0. The van der Waals surface area contributed by atoms with Gasteiger partial charge in [0.15, 0.2) is 0 Å². The van der Waals surface area contributed by atoms with Crippen LogP contribution in [-0.4, -0.2) is 111 Å². The van der Waals surface area contributed by atoms with Crippen LogP contribution in [0.5, 0.6) is 0 Å². The van der Waals surface area contributed by atoms with Crippen LogP contribution in [0.15, 0.2) is 121 Å². The van der Waals surface area contributed by atoms with Crippen LogP contribution in [0, 0.1) is 0 Å². The summed E-state index contributed by atoms with van der Waals surface area (Å²) in [5.74, 6) is -11.3. The van der Waals surface area contributed by atoms with Gasteiger partial charge in [-0.1, -0.05) is 30.3 Å². The standard InChI is InChI=1S/5C8H6O4.5H3N/c5*9-7(10)5-2-1-3-6(4-5)8(11)12;;;;;/h5*1-4H,(H,9,10)(H,11,12);5*1H3. The predicted octanol–water partition coefficient (Wildman–Crippen LogP) is 6.23. The number of carboxylic acids is 10. The van der Waals surface area contributed by atoms with E-state index in [2.05, 4.69) is 0 Å².